The van der Waals surface area contributed by atoms with Gasteiger partial charge in [-0.15, -0.1) is 0 Å². The lowest BCUT2D eigenvalue weighted by atomic mass is 10.2. The van der Waals surface area contributed by atoms with E-state index in [9.17, 15) is 18.0 Å². The molecule has 1 atom stereocenters. The molecule has 1 amide bonds. The van der Waals surface area contributed by atoms with Gasteiger partial charge in [-0.25, -0.2) is 4.98 Å². The van der Waals surface area contributed by atoms with Crippen LogP contribution in [0.15, 0.2) is 30.5 Å². The molecule has 1 N–H and O–H groups in total. The second-order valence-corrected chi connectivity index (χ2v) is 7.88. The van der Waals surface area contributed by atoms with E-state index in [4.69, 9.17) is 27.9 Å². The summed E-state index contributed by atoms with van der Waals surface area (Å²) >= 11 is 12.1. The van der Waals surface area contributed by atoms with Crippen molar-refractivity contribution < 1.29 is 22.7 Å². The molecule has 3 rings (SSSR count). The summed E-state index contributed by atoms with van der Waals surface area (Å²) in [5, 5.41) is 3.17. The zero-order valence-corrected chi connectivity index (χ0v) is 18.4. The SMILES string of the molecule is COc1ccc(NC(=O)C(C)N2CCN(c3ncc(C(F)(F)F)cc3Cl)CC2)cc1Cl. The number of carbonyl (C=O) groups excluding carboxylic acids is 1. The summed E-state index contributed by atoms with van der Waals surface area (Å²) in [7, 11) is 1.51. The van der Waals surface area contributed by atoms with Crippen LogP contribution in [-0.2, 0) is 11.0 Å². The normalized spacial score (nSPS) is 16.2. The zero-order valence-electron chi connectivity index (χ0n) is 16.8. The van der Waals surface area contributed by atoms with Crippen LogP contribution in [0.5, 0.6) is 5.75 Å². The second-order valence-electron chi connectivity index (χ2n) is 7.06. The van der Waals surface area contributed by atoms with Gasteiger partial charge in [-0.1, -0.05) is 23.2 Å². The lowest BCUT2D eigenvalue weighted by Crippen LogP contribution is -2.53. The number of aromatic nitrogens is 1. The average Bonchev–Trinajstić information content (AvgIpc) is 2.73. The lowest BCUT2D eigenvalue weighted by molar-refractivity contribution is -0.137. The number of ether oxygens (including phenoxy) is 1. The molecule has 0 bridgehead atoms. The molecule has 1 aromatic heterocycles. The van der Waals surface area contributed by atoms with Crippen LogP contribution in [0.1, 0.15) is 12.5 Å². The van der Waals surface area contributed by atoms with Gasteiger partial charge >= 0.3 is 6.18 Å². The van der Waals surface area contributed by atoms with Crippen molar-refractivity contribution in [3.8, 4) is 5.75 Å². The summed E-state index contributed by atoms with van der Waals surface area (Å²) in [4.78, 5) is 20.3. The summed E-state index contributed by atoms with van der Waals surface area (Å²) in [5.41, 5.74) is -0.328. The molecule has 0 spiro atoms. The second kappa shape index (κ2) is 9.50. The highest BCUT2D eigenvalue weighted by atomic mass is 35.5. The summed E-state index contributed by atoms with van der Waals surface area (Å²) in [6.45, 7) is 3.79. The molecular formula is C20H21Cl2F3N4O2. The van der Waals surface area contributed by atoms with Crippen LogP contribution >= 0.6 is 23.2 Å². The third-order valence-electron chi connectivity index (χ3n) is 5.11. The molecule has 1 aliphatic heterocycles. The molecule has 0 radical (unpaired) electrons. The number of alkyl halides is 3. The number of nitrogens with zero attached hydrogens (tertiary/aromatic N) is 3. The molecule has 1 unspecified atom stereocenters. The number of hydrogen-bond acceptors (Lipinski definition) is 5. The van der Waals surface area contributed by atoms with E-state index in [0.717, 1.165) is 12.3 Å². The first-order valence-electron chi connectivity index (χ1n) is 9.46. The first-order chi connectivity index (χ1) is 14.6. The smallest absolute Gasteiger partial charge is 0.417 e. The molecule has 0 saturated carbocycles. The minimum Gasteiger partial charge on any atom is -0.495 e. The van der Waals surface area contributed by atoms with Crippen molar-refractivity contribution in [2.75, 3.05) is 43.5 Å². The largest absolute Gasteiger partial charge is 0.495 e. The van der Waals surface area contributed by atoms with Crippen molar-refractivity contribution in [2.24, 2.45) is 0 Å². The van der Waals surface area contributed by atoms with Gasteiger partial charge in [0, 0.05) is 38.1 Å². The third-order valence-corrected chi connectivity index (χ3v) is 5.68. The number of piperazine rings is 1. The first kappa shape index (κ1) is 23.4. The summed E-state index contributed by atoms with van der Waals surface area (Å²) < 4.78 is 43.5. The van der Waals surface area contributed by atoms with Gasteiger partial charge in [0.15, 0.2) is 0 Å². The molecule has 2 aromatic rings. The maximum atomic E-state index is 12.8. The van der Waals surface area contributed by atoms with Crippen molar-refractivity contribution in [3.05, 3.63) is 46.1 Å². The predicted molar refractivity (Wildman–Crippen MR) is 114 cm³/mol. The van der Waals surface area contributed by atoms with E-state index in [2.05, 4.69) is 10.3 Å². The summed E-state index contributed by atoms with van der Waals surface area (Å²) in [6.07, 6.45) is -3.71. The van der Waals surface area contributed by atoms with E-state index in [1.807, 2.05) is 9.80 Å². The van der Waals surface area contributed by atoms with E-state index in [-0.39, 0.29) is 10.9 Å². The molecule has 1 aliphatic rings. The van der Waals surface area contributed by atoms with E-state index in [0.29, 0.717) is 48.5 Å². The van der Waals surface area contributed by atoms with Crippen LogP contribution in [0.4, 0.5) is 24.7 Å². The number of nitrogens with one attached hydrogen (secondary N) is 1. The van der Waals surface area contributed by atoms with E-state index < -0.39 is 17.8 Å². The summed E-state index contributed by atoms with van der Waals surface area (Å²) in [6, 6.07) is 5.44. The molecule has 11 heteroatoms. The fraction of sp³-hybridized carbons (Fsp3) is 0.400. The van der Waals surface area contributed by atoms with Crippen LogP contribution in [-0.4, -0.2) is 55.1 Å². The van der Waals surface area contributed by atoms with Crippen molar-refractivity contribution >= 4 is 40.6 Å². The van der Waals surface area contributed by atoms with Crippen LogP contribution in [0.2, 0.25) is 10.0 Å². The van der Waals surface area contributed by atoms with Gasteiger partial charge in [-0.2, -0.15) is 13.2 Å². The van der Waals surface area contributed by atoms with Crippen LogP contribution in [0.25, 0.3) is 0 Å². The number of hydrogen-bond donors (Lipinski definition) is 1. The van der Waals surface area contributed by atoms with Crippen LogP contribution in [0, 0.1) is 0 Å². The Hall–Kier alpha value is -2.23. The van der Waals surface area contributed by atoms with E-state index in [1.165, 1.54) is 7.11 Å². The average molecular weight is 477 g/mol. The van der Waals surface area contributed by atoms with Crippen LogP contribution in [0.3, 0.4) is 0 Å². The number of benzene rings is 1. The van der Waals surface area contributed by atoms with Gasteiger partial charge in [-0.05, 0) is 31.2 Å². The maximum Gasteiger partial charge on any atom is 0.417 e. The Labute approximate surface area is 187 Å². The molecule has 1 aromatic carbocycles. The molecule has 0 aliphatic carbocycles. The highest BCUT2D eigenvalue weighted by Gasteiger charge is 2.33. The van der Waals surface area contributed by atoms with Crippen molar-refractivity contribution in [3.63, 3.8) is 0 Å². The lowest BCUT2D eigenvalue weighted by Gasteiger charge is -2.38. The first-order valence-corrected chi connectivity index (χ1v) is 10.2. The van der Waals surface area contributed by atoms with Gasteiger partial charge in [0.25, 0.3) is 0 Å². The summed E-state index contributed by atoms with van der Waals surface area (Å²) in [5.74, 6) is 0.624. The molecule has 2 heterocycles. The standard InChI is InChI=1S/C20H21Cl2F3N4O2/c1-12(19(30)27-14-3-4-17(31-2)15(21)10-14)28-5-7-29(8-6-28)18-16(22)9-13(11-26-18)20(23,24)25/h3-4,9-12H,5-8H2,1-2H3,(H,27,30). The number of anilines is 2. The fourth-order valence-corrected chi connectivity index (χ4v) is 3.84. The fourth-order valence-electron chi connectivity index (χ4n) is 3.30. The Kier molecular flexibility index (Phi) is 7.18. The number of amides is 1. The number of carbonyl (C=O) groups is 1. The predicted octanol–water partition coefficient (Wildman–Crippen LogP) is 4.57. The Morgan fingerprint density at radius 1 is 1.16 bits per heavy atom. The van der Waals surface area contributed by atoms with E-state index in [1.54, 1.807) is 25.1 Å². The number of methoxy groups -OCH3 is 1. The molecule has 31 heavy (non-hydrogen) atoms. The van der Waals surface area contributed by atoms with Crippen molar-refractivity contribution in [1.29, 1.82) is 0 Å². The molecule has 168 valence electrons. The van der Waals surface area contributed by atoms with Gasteiger partial charge in [0.1, 0.15) is 11.6 Å². The molecule has 1 fully saturated rings. The zero-order chi connectivity index (χ0) is 22.8. The minimum atomic E-state index is -4.50. The molecule has 6 nitrogen and oxygen atoms in total. The topological polar surface area (TPSA) is 57.7 Å². The third kappa shape index (κ3) is 5.53. The van der Waals surface area contributed by atoms with Gasteiger partial charge < -0.3 is 15.0 Å². The van der Waals surface area contributed by atoms with Gasteiger partial charge in [-0.3, -0.25) is 9.69 Å². The van der Waals surface area contributed by atoms with Crippen molar-refractivity contribution in [1.82, 2.24) is 9.88 Å². The Morgan fingerprint density at radius 2 is 1.84 bits per heavy atom. The number of halogens is 5. The van der Waals surface area contributed by atoms with Crippen LogP contribution < -0.4 is 15.0 Å². The monoisotopic (exact) mass is 476 g/mol. The van der Waals surface area contributed by atoms with Gasteiger partial charge in [0.05, 0.1) is 28.8 Å². The highest BCUT2D eigenvalue weighted by Crippen LogP contribution is 2.34. The molecule has 1 saturated heterocycles. The quantitative estimate of drug-likeness (QED) is 0.684. The number of pyridine rings is 1. The maximum absolute atomic E-state index is 12.8. The number of rotatable bonds is 5. The highest BCUT2D eigenvalue weighted by molar-refractivity contribution is 6.33. The van der Waals surface area contributed by atoms with Crippen molar-refractivity contribution in [2.45, 2.75) is 19.1 Å². The Morgan fingerprint density at radius 3 is 2.39 bits per heavy atom. The molecular weight excluding hydrogens is 456 g/mol. The Balaban J connectivity index is 1.59. The minimum absolute atomic E-state index is 0.0505. The van der Waals surface area contributed by atoms with E-state index >= 15 is 0 Å². The Bertz CT molecular complexity index is 951. The van der Waals surface area contributed by atoms with Gasteiger partial charge in [0.2, 0.25) is 5.91 Å².